The second-order valence-corrected chi connectivity index (χ2v) is 8.33. The summed E-state index contributed by atoms with van der Waals surface area (Å²) in [4.78, 5) is 11.1. The average molecular weight is 220 g/mol. The third kappa shape index (κ3) is 9.69. The molecule has 0 aromatic rings. The van der Waals surface area contributed by atoms with E-state index in [4.69, 9.17) is 13.9 Å². The predicted molar refractivity (Wildman–Crippen MR) is 56.8 cm³/mol. The number of hydrogen-bond acceptors (Lipinski definition) is 4. The van der Waals surface area contributed by atoms with Crippen LogP contribution in [0, 0.1) is 0 Å². The molecule has 0 aromatic heterocycles. The summed E-state index contributed by atoms with van der Waals surface area (Å²) >= 11 is 0. The maximum Gasteiger partial charge on any atom is 0.330 e. The molecule has 0 amide bonds. The van der Waals surface area contributed by atoms with Crippen molar-refractivity contribution in [2.45, 2.75) is 26.6 Å². The molecule has 0 saturated heterocycles. The second kappa shape index (κ2) is 6.97. The molecule has 0 N–H and O–H groups in total. The van der Waals surface area contributed by atoms with E-state index in [0.29, 0.717) is 19.8 Å². The van der Waals surface area contributed by atoms with Crippen LogP contribution < -0.4 is 0 Å². The lowest BCUT2D eigenvalue weighted by Gasteiger charge is -2.16. The quantitative estimate of drug-likeness (QED) is 0.370. The Morgan fingerprint density at radius 2 is 1.86 bits per heavy atom. The first-order valence-electron chi connectivity index (χ1n) is 4.83. The van der Waals surface area contributed by atoms with Gasteiger partial charge in [-0.25, -0.2) is 4.79 Å². The van der Waals surface area contributed by atoms with Crippen LogP contribution in [0.4, 0.5) is 0 Å². The number of hydrogen-bond donors (Lipinski definition) is 0. The molecule has 0 unspecified atom stereocenters. The van der Waals surface area contributed by atoms with Crippen LogP contribution in [0.15, 0.2) is 0 Å². The number of carbonyl (C=O) groups excluding carboxylic acids is 1. The second-order valence-electron chi connectivity index (χ2n) is 3.82. The van der Waals surface area contributed by atoms with Crippen LogP contribution in [-0.4, -0.2) is 40.7 Å². The van der Waals surface area contributed by atoms with Crippen molar-refractivity contribution in [3.63, 3.8) is 0 Å². The van der Waals surface area contributed by atoms with Crippen LogP contribution >= 0.6 is 0 Å². The Kier molecular flexibility index (Phi) is 6.78. The Morgan fingerprint density at radius 1 is 1.21 bits per heavy atom. The van der Waals surface area contributed by atoms with Gasteiger partial charge in [-0.1, -0.05) is 0 Å². The molecule has 14 heavy (non-hydrogen) atoms. The van der Waals surface area contributed by atoms with Gasteiger partial charge in [0.2, 0.25) is 0 Å². The third-order valence-electron chi connectivity index (χ3n) is 1.32. The van der Waals surface area contributed by atoms with Crippen molar-refractivity contribution in [1.82, 2.24) is 0 Å². The van der Waals surface area contributed by atoms with Gasteiger partial charge in [-0.15, -0.1) is 0 Å². The van der Waals surface area contributed by atoms with Gasteiger partial charge in [-0.2, -0.15) is 0 Å². The molecule has 0 aromatic carbocycles. The van der Waals surface area contributed by atoms with Crippen LogP contribution in [0.25, 0.3) is 0 Å². The Hall–Kier alpha value is -0.393. The lowest BCUT2D eigenvalue weighted by molar-refractivity contribution is -0.147. The van der Waals surface area contributed by atoms with Crippen LogP contribution in [0.3, 0.4) is 0 Å². The number of rotatable bonds is 7. The molecular weight excluding hydrogens is 200 g/mol. The average Bonchev–Trinajstić information content (AvgIpc) is 2.08. The largest absolute Gasteiger partial charge is 0.462 e. The Labute approximate surface area is 86.7 Å². The van der Waals surface area contributed by atoms with Crippen LogP contribution in [0.5, 0.6) is 0 Å². The predicted octanol–water partition coefficient (Wildman–Crippen LogP) is 1.42. The van der Waals surface area contributed by atoms with E-state index in [1.165, 1.54) is 0 Å². The van der Waals surface area contributed by atoms with Crippen molar-refractivity contribution in [2.75, 3.05) is 26.4 Å². The first-order valence-corrected chi connectivity index (χ1v) is 8.24. The van der Waals surface area contributed by atoms with Crippen molar-refractivity contribution in [1.29, 1.82) is 0 Å². The summed E-state index contributed by atoms with van der Waals surface area (Å²) < 4.78 is 15.3. The van der Waals surface area contributed by atoms with Gasteiger partial charge in [-0.3, -0.25) is 0 Å². The first-order chi connectivity index (χ1) is 6.45. The van der Waals surface area contributed by atoms with Gasteiger partial charge < -0.3 is 13.9 Å². The maximum absolute atomic E-state index is 11.1. The highest BCUT2D eigenvalue weighted by Crippen LogP contribution is 2.01. The summed E-state index contributed by atoms with van der Waals surface area (Å²) in [6, 6.07) is 0. The van der Waals surface area contributed by atoms with Gasteiger partial charge >= 0.3 is 5.97 Å². The molecule has 4 nitrogen and oxygen atoms in total. The van der Waals surface area contributed by atoms with Gasteiger partial charge in [0.05, 0.1) is 6.61 Å². The first kappa shape index (κ1) is 13.6. The molecular formula is C9H20O4Si. The van der Waals surface area contributed by atoms with Crippen molar-refractivity contribution in [3.8, 4) is 0 Å². The highest BCUT2D eigenvalue weighted by atomic mass is 28.4. The molecule has 5 heteroatoms. The minimum Gasteiger partial charge on any atom is -0.462 e. The number of carbonyl (C=O) groups is 1. The molecule has 0 aliphatic heterocycles. The molecule has 0 saturated carbocycles. The highest BCUT2D eigenvalue weighted by molar-refractivity contribution is 6.69. The lowest BCUT2D eigenvalue weighted by atomic mass is 10.7. The SMILES string of the molecule is CCOCCOC(=O)CO[Si](C)(C)C. The Morgan fingerprint density at radius 3 is 2.36 bits per heavy atom. The molecule has 0 rings (SSSR count). The fourth-order valence-corrected chi connectivity index (χ4v) is 1.23. The zero-order chi connectivity index (χ0) is 11.0. The summed E-state index contributed by atoms with van der Waals surface area (Å²) in [6.45, 7) is 9.44. The monoisotopic (exact) mass is 220 g/mol. The van der Waals surface area contributed by atoms with Gasteiger partial charge in [0.25, 0.3) is 0 Å². The molecule has 0 atom stereocenters. The van der Waals surface area contributed by atoms with Crippen LogP contribution in [0.1, 0.15) is 6.92 Å². The molecule has 84 valence electrons. The zero-order valence-corrected chi connectivity index (χ0v) is 10.5. The van der Waals surface area contributed by atoms with E-state index in [9.17, 15) is 4.79 Å². The molecule has 0 fully saturated rings. The molecule has 0 radical (unpaired) electrons. The van der Waals surface area contributed by atoms with Gasteiger partial charge in [0, 0.05) is 6.61 Å². The van der Waals surface area contributed by atoms with Gasteiger partial charge in [0.1, 0.15) is 13.2 Å². The molecule has 0 aliphatic rings. The van der Waals surface area contributed by atoms with E-state index >= 15 is 0 Å². The number of esters is 1. The maximum atomic E-state index is 11.1. The van der Waals surface area contributed by atoms with Crippen molar-refractivity contribution < 1.29 is 18.7 Å². The van der Waals surface area contributed by atoms with E-state index in [1.54, 1.807) is 0 Å². The van der Waals surface area contributed by atoms with Gasteiger partial charge in [0.15, 0.2) is 8.32 Å². The third-order valence-corrected chi connectivity index (χ3v) is 2.33. The van der Waals surface area contributed by atoms with E-state index in [-0.39, 0.29) is 12.6 Å². The van der Waals surface area contributed by atoms with Crippen molar-refractivity contribution in [2.24, 2.45) is 0 Å². The van der Waals surface area contributed by atoms with E-state index in [1.807, 2.05) is 26.6 Å². The summed E-state index contributed by atoms with van der Waals surface area (Å²) in [5, 5.41) is 0. The normalized spacial score (nSPS) is 11.4. The highest BCUT2D eigenvalue weighted by Gasteiger charge is 2.16. The molecule has 0 spiro atoms. The zero-order valence-electron chi connectivity index (χ0n) is 9.46. The Bertz CT molecular complexity index is 165. The molecule has 0 aliphatic carbocycles. The van der Waals surface area contributed by atoms with Gasteiger partial charge in [-0.05, 0) is 26.6 Å². The summed E-state index contributed by atoms with van der Waals surface area (Å²) in [5.74, 6) is -0.313. The summed E-state index contributed by atoms with van der Waals surface area (Å²) in [6.07, 6.45) is 0. The minimum absolute atomic E-state index is 0.0574. The van der Waals surface area contributed by atoms with Crippen LogP contribution in [-0.2, 0) is 18.7 Å². The lowest BCUT2D eigenvalue weighted by Crippen LogP contribution is -2.29. The number of ether oxygens (including phenoxy) is 2. The van der Waals surface area contributed by atoms with E-state index in [2.05, 4.69) is 0 Å². The molecule has 0 heterocycles. The fraction of sp³-hybridized carbons (Fsp3) is 0.889. The topological polar surface area (TPSA) is 44.8 Å². The Balaban J connectivity index is 3.38. The van der Waals surface area contributed by atoms with Crippen molar-refractivity contribution in [3.05, 3.63) is 0 Å². The summed E-state index contributed by atoms with van der Waals surface area (Å²) in [5.41, 5.74) is 0. The van der Waals surface area contributed by atoms with Crippen LogP contribution in [0.2, 0.25) is 19.6 Å². The smallest absolute Gasteiger partial charge is 0.330 e. The van der Waals surface area contributed by atoms with E-state index < -0.39 is 8.32 Å². The minimum atomic E-state index is -1.61. The molecule has 0 bridgehead atoms. The summed E-state index contributed by atoms with van der Waals surface area (Å²) in [7, 11) is -1.61. The standard InChI is InChI=1S/C9H20O4Si/c1-5-11-6-7-12-9(10)8-13-14(2,3)4/h5-8H2,1-4H3. The van der Waals surface area contributed by atoms with Crippen molar-refractivity contribution >= 4 is 14.3 Å². The van der Waals surface area contributed by atoms with E-state index in [0.717, 1.165) is 0 Å². The fourth-order valence-electron chi connectivity index (χ4n) is 0.676.